The monoisotopic (exact) mass is 482 g/mol. The second-order valence-electron chi connectivity index (χ2n) is 5.72. The Labute approximate surface area is 184 Å². The highest BCUT2D eigenvalue weighted by molar-refractivity contribution is 8.76. The quantitative estimate of drug-likeness (QED) is 0.283. The van der Waals surface area contributed by atoms with Crippen LogP contribution in [0.5, 0.6) is 0 Å². The summed E-state index contributed by atoms with van der Waals surface area (Å²) >= 11 is 0. The molecule has 0 amide bonds. The van der Waals surface area contributed by atoms with E-state index in [9.17, 15) is 49.2 Å². The topological polar surface area (TPSA) is 224 Å². The van der Waals surface area contributed by atoms with Crippen LogP contribution >= 0.6 is 21.6 Å². The van der Waals surface area contributed by atoms with Crippen molar-refractivity contribution in [2.75, 3.05) is 0 Å². The summed E-state index contributed by atoms with van der Waals surface area (Å²) in [5.41, 5.74) is -5.30. The summed E-state index contributed by atoms with van der Waals surface area (Å²) in [5.74, 6) is -10.5. The van der Waals surface area contributed by atoms with Gasteiger partial charge in [-0.05, 0) is 24.3 Å². The summed E-state index contributed by atoms with van der Waals surface area (Å²) in [5, 5.41) is 55.8. The molecule has 12 nitrogen and oxygen atoms in total. The molecule has 0 aliphatic carbocycles. The molecule has 0 bridgehead atoms. The number of aromatic carboxylic acids is 6. The van der Waals surface area contributed by atoms with Crippen LogP contribution in [0.15, 0.2) is 34.1 Å². The standard InChI is InChI=1S/C18H10O12S2/c19-13(20)5-1-3-7(11(17(27)28)9(5)15(23)24)31-32-8-4-2-6(14(21)22)10(16(25)26)12(8)18(29)30/h1-4H,(H,19,20)(H,21,22)(H,23,24)(H,25,26)(H,27,28)(H,29,30). The maximum atomic E-state index is 11.7. The number of carbonyl (C=O) groups is 6. The van der Waals surface area contributed by atoms with Gasteiger partial charge < -0.3 is 30.6 Å². The Morgan fingerprint density at radius 1 is 0.438 bits per heavy atom. The lowest BCUT2D eigenvalue weighted by Gasteiger charge is -2.13. The van der Waals surface area contributed by atoms with Gasteiger partial charge in [-0.1, -0.05) is 21.6 Å². The molecule has 6 N–H and O–H groups in total. The number of carboxylic acids is 6. The fraction of sp³-hybridized carbons (Fsp3) is 0. The van der Waals surface area contributed by atoms with Crippen LogP contribution in [0.25, 0.3) is 0 Å². The first-order chi connectivity index (χ1) is 14.9. The van der Waals surface area contributed by atoms with Gasteiger partial charge in [-0.2, -0.15) is 0 Å². The van der Waals surface area contributed by atoms with E-state index in [0.717, 1.165) is 24.3 Å². The van der Waals surface area contributed by atoms with Gasteiger partial charge in [-0.25, -0.2) is 28.8 Å². The maximum Gasteiger partial charge on any atom is 0.337 e. The number of carboxylic acid groups (broad SMARTS) is 6. The highest BCUT2D eigenvalue weighted by Gasteiger charge is 2.30. The van der Waals surface area contributed by atoms with Crippen LogP contribution < -0.4 is 0 Å². The van der Waals surface area contributed by atoms with Gasteiger partial charge in [0, 0.05) is 9.79 Å². The molecule has 166 valence electrons. The first-order valence-corrected chi connectivity index (χ1v) is 10.1. The van der Waals surface area contributed by atoms with Gasteiger partial charge in [0.25, 0.3) is 0 Å². The van der Waals surface area contributed by atoms with Gasteiger partial charge in [0.15, 0.2) is 0 Å². The summed E-state index contributed by atoms with van der Waals surface area (Å²) in [6, 6.07) is 3.72. The molecule has 2 rings (SSSR count). The Kier molecular flexibility index (Phi) is 7.12. The van der Waals surface area contributed by atoms with Crippen molar-refractivity contribution in [1.29, 1.82) is 0 Å². The van der Waals surface area contributed by atoms with Gasteiger partial charge in [-0.15, -0.1) is 0 Å². The third kappa shape index (κ3) is 4.65. The minimum atomic E-state index is -1.82. The minimum Gasteiger partial charge on any atom is -0.478 e. The average Bonchev–Trinajstić information content (AvgIpc) is 2.69. The van der Waals surface area contributed by atoms with E-state index in [1.807, 2.05) is 0 Å². The number of benzene rings is 2. The number of hydrogen-bond acceptors (Lipinski definition) is 8. The molecular weight excluding hydrogens is 472 g/mol. The van der Waals surface area contributed by atoms with Crippen molar-refractivity contribution in [2.45, 2.75) is 9.79 Å². The normalized spacial score (nSPS) is 10.4. The van der Waals surface area contributed by atoms with Gasteiger partial charge in [0.05, 0.1) is 33.4 Å². The third-order valence-electron chi connectivity index (χ3n) is 3.87. The predicted molar refractivity (Wildman–Crippen MR) is 106 cm³/mol. The van der Waals surface area contributed by atoms with Crippen molar-refractivity contribution < 1.29 is 59.4 Å². The van der Waals surface area contributed by atoms with Crippen molar-refractivity contribution in [3.63, 3.8) is 0 Å². The van der Waals surface area contributed by atoms with Crippen molar-refractivity contribution in [3.05, 3.63) is 57.6 Å². The molecule has 2 aromatic carbocycles. The van der Waals surface area contributed by atoms with Gasteiger partial charge in [0.2, 0.25) is 0 Å². The zero-order valence-electron chi connectivity index (χ0n) is 15.3. The summed E-state index contributed by atoms with van der Waals surface area (Å²) < 4.78 is 0. The van der Waals surface area contributed by atoms with Gasteiger partial charge >= 0.3 is 35.8 Å². The lowest BCUT2D eigenvalue weighted by atomic mass is 10.0. The van der Waals surface area contributed by atoms with Crippen LogP contribution in [-0.4, -0.2) is 66.5 Å². The molecule has 0 saturated heterocycles. The molecule has 0 spiro atoms. The molecule has 0 aromatic heterocycles. The summed E-state index contributed by atoms with van der Waals surface area (Å²) in [6.07, 6.45) is 0. The van der Waals surface area contributed by atoms with Crippen LogP contribution in [0.3, 0.4) is 0 Å². The van der Waals surface area contributed by atoms with E-state index in [1.165, 1.54) is 0 Å². The molecule has 14 heteroatoms. The van der Waals surface area contributed by atoms with Crippen molar-refractivity contribution in [2.24, 2.45) is 0 Å². The zero-order chi connectivity index (χ0) is 24.3. The van der Waals surface area contributed by atoms with Crippen LogP contribution in [0.4, 0.5) is 0 Å². The number of hydrogen-bond donors (Lipinski definition) is 6. The molecule has 0 saturated carbocycles. The molecule has 0 heterocycles. The number of rotatable bonds is 9. The SMILES string of the molecule is O=C(O)c1ccc(SSc2ccc(C(=O)O)c(C(=O)O)c2C(=O)O)c(C(=O)O)c1C(=O)O. The van der Waals surface area contributed by atoms with E-state index in [1.54, 1.807) is 0 Å². The smallest absolute Gasteiger partial charge is 0.337 e. The first-order valence-electron chi connectivity index (χ1n) is 7.96. The Hall–Kier alpha value is -4.04. The Morgan fingerprint density at radius 3 is 0.938 bits per heavy atom. The van der Waals surface area contributed by atoms with Crippen molar-refractivity contribution in [1.82, 2.24) is 0 Å². The zero-order valence-corrected chi connectivity index (χ0v) is 16.9. The predicted octanol–water partition coefficient (Wildman–Crippen LogP) is 2.68. The van der Waals surface area contributed by atoms with Crippen LogP contribution in [0, 0.1) is 0 Å². The van der Waals surface area contributed by atoms with Crippen LogP contribution in [0.1, 0.15) is 62.1 Å². The lowest BCUT2D eigenvalue weighted by Crippen LogP contribution is -2.16. The first kappa shape index (κ1) is 24.2. The summed E-state index contributed by atoms with van der Waals surface area (Å²) in [6.45, 7) is 0. The van der Waals surface area contributed by atoms with Crippen LogP contribution in [-0.2, 0) is 0 Å². The van der Waals surface area contributed by atoms with Gasteiger partial charge in [-0.3, -0.25) is 0 Å². The Bertz CT molecular complexity index is 1110. The van der Waals surface area contributed by atoms with Crippen LogP contribution in [0.2, 0.25) is 0 Å². The molecule has 0 fully saturated rings. The maximum absolute atomic E-state index is 11.7. The molecule has 0 atom stereocenters. The molecule has 0 unspecified atom stereocenters. The molecule has 0 aliphatic heterocycles. The highest BCUT2D eigenvalue weighted by atomic mass is 33.1. The molecular formula is C18H10O12S2. The average molecular weight is 482 g/mol. The van der Waals surface area contributed by atoms with E-state index in [0.29, 0.717) is 21.6 Å². The Balaban J connectivity index is 2.65. The second kappa shape index (κ2) is 9.40. The van der Waals surface area contributed by atoms with E-state index in [-0.39, 0.29) is 9.79 Å². The third-order valence-corrected chi connectivity index (χ3v) is 6.32. The second-order valence-corrected chi connectivity index (χ2v) is 7.93. The molecule has 2 aromatic rings. The molecule has 32 heavy (non-hydrogen) atoms. The van der Waals surface area contributed by atoms with E-state index >= 15 is 0 Å². The molecule has 0 radical (unpaired) electrons. The van der Waals surface area contributed by atoms with Crippen molar-refractivity contribution in [3.8, 4) is 0 Å². The lowest BCUT2D eigenvalue weighted by molar-refractivity contribution is 0.0629. The van der Waals surface area contributed by atoms with E-state index in [2.05, 4.69) is 0 Å². The van der Waals surface area contributed by atoms with E-state index < -0.39 is 69.2 Å². The van der Waals surface area contributed by atoms with E-state index in [4.69, 9.17) is 10.2 Å². The van der Waals surface area contributed by atoms with Crippen molar-refractivity contribution >= 4 is 57.4 Å². The Morgan fingerprint density at radius 2 is 0.719 bits per heavy atom. The fourth-order valence-electron chi connectivity index (χ4n) is 2.62. The fourth-order valence-corrected chi connectivity index (χ4v) is 4.97. The summed E-state index contributed by atoms with van der Waals surface area (Å²) in [7, 11) is 1.05. The molecule has 0 aliphatic rings. The minimum absolute atomic E-state index is 0.263. The largest absolute Gasteiger partial charge is 0.478 e. The van der Waals surface area contributed by atoms with Gasteiger partial charge in [0.1, 0.15) is 0 Å². The summed E-state index contributed by atoms with van der Waals surface area (Å²) in [4.78, 5) is 68.3. The highest BCUT2D eigenvalue weighted by Crippen LogP contribution is 2.43.